The number of aliphatic hydroxyl groups is 2. The van der Waals surface area contributed by atoms with Crippen molar-refractivity contribution in [1.82, 2.24) is 37.2 Å². The molecule has 0 saturated heterocycles. The van der Waals surface area contributed by atoms with E-state index in [1.807, 2.05) is 0 Å². The lowest BCUT2D eigenvalue weighted by Gasteiger charge is -2.30. The molecule has 1 rings (SSSR count). The summed E-state index contributed by atoms with van der Waals surface area (Å²) in [5.74, 6) is -10.6. The molecular weight excluding hydrogens is 825 g/mol. The molecule has 0 bridgehead atoms. The molecule has 0 aromatic heterocycles. The molecule has 0 heterocycles. The van der Waals surface area contributed by atoms with E-state index in [1.165, 1.54) is 0 Å². The van der Waals surface area contributed by atoms with Gasteiger partial charge in [0.2, 0.25) is 41.4 Å². The number of amides is 7. The highest BCUT2D eigenvalue weighted by Crippen LogP contribution is 2.14. The molecule has 0 saturated carbocycles. The second kappa shape index (κ2) is 27.4. The van der Waals surface area contributed by atoms with Crippen molar-refractivity contribution in [1.29, 1.82) is 0 Å². The van der Waals surface area contributed by atoms with E-state index in [2.05, 4.69) is 37.2 Å². The molecule has 0 radical (unpaired) electrons. The van der Waals surface area contributed by atoms with E-state index in [0.717, 1.165) is 0 Å². The Morgan fingerprint density at radius 3 is 1.46 bits per heavy atom. The van der Waals surface area contributed by atoms with Crippen molar-refractivity contribution >= 4 is 53.3 Å². The van der Waals surface area contributed by atoms with Gasteiger partial charge in [0, 0.05) is 12.8 Å². The molecule has 0 aliphatic rings. The minimum Gasteiger partial charge on any atom is -0.481 e. The molecule has 1 aromatic rings. The molecule has 63 heavy (non-hydrogen) atoms. The summed E-state index contributed by atoms with van der Waals surface area (Å²) >= 11 is 0. The van der Waals surface area contributed by atoms with Crippen molar-refractivity contribution in [3.05, 3.63) is 35.9 Å². The molecule has 0 aliphatic carbocycles. The first-order chi connectivity index (χ1) is 29.5. The molecule has 13 N–H and O–H groups in total. The highest BCUT2D eigenvalue weighted by molar-refractivity contribution is 5.98. The van der Waals surface area contributed by atoms with E-state index in [4.69, 9.17) is 5.73 Å². The lowest BCUT2D eigenvalue weighted by Crippen LogP contribution is -2.62. The van der Waals surface area contributed by atoms with Crippen molar-refractivity contribution < 1.29 is 63.6 Å². The van der Waals surface area contributed by atoms with Crippen LogP contribution in [0.25, 0.3) is 0 Å². The first kappa shape index (κ1) is 55.3. The fourth-order valence-electron chi connectivity index (χ4n) is 6.16. The van der Waals surface area contributed by atoms with E-state index in [9.17, 15) is 63.6 Å². The molecular formula is C42H68N8O13. The Morgan fingerprint density at radius 1 is 0.556 bits per heavy atom. The number of hydrogen-bond donors (Lipinski definition) is 12. The largest absolute Gasteiger partial charge is 0.481 e. The third-order valence-corrected chi connectivity index (χ3v) is 10.2. The van der Waals surface area contributed by atoms with E-state index >= 15 is 0 Å². The molecule has 7 amide bonds. The number of nitrogens with one attached hydrogen (secondary N) is 7. The van der Waals surface area contributed by atoms with Gasteiger partial charge in [0.1, 0.15) is 48.3 Å². The number of hydrogen-bond acceptors (Lipinski definition) is 12. The van der Waals surface area contributed by atoms with Crippen molar-refractivity contribution in [2.75, 3.05) is 13.2 Å². The average molecular weight is 893 g/mol. The summed E-state index contributed by atoms with van der Waals surface area (Å²) in [6.07, 6.45) is -0.712. The Hall–Kier alpha value is -5.67. The van der Waals surface area contributed by atoms with E-state index in [0.29, 0.717) is 12.0 Å². The third kappa shape index (κ3) is 19.1. The van der Waals surface area contributed by atoms with Crippen molar-refractivity contribution in [3.8, 4) is 0 Å². The van der Waals surface area contributed by atoms with Crippen LogP contribution in [-0.4, -0.2) is 135 Å². The molecule has 0 unspecified atom stereocenters. The fraction of sp³-hybridized carbons (Fsp3) is 0.643. The highest BCUT2D eigenvalue weighted by atomic mass is 16.4. The molecule has 0 spiro atoms. The van der Waals surface area contributed by atoms with Gasteiger partial charge in [-0.25, -0.2) is 4.79 Å². The standard InChI is InChI=1S/C42H68N8O13/c1-9-24(8)34(41(61)46-29(18-25-13-11-10-12-14-25)38(58)49-33(23(6)7)40(60)47-30(20-52)42(62)63)50-36(56)27(15-16-31(53)54)44-37(57)28(17-21(2)3)45-39(59)32(22(4)5)48-35(55)26(43)19-51/h10-14,21-24,26-30,32-34,51-52H,9,15-20,43H2,1-8H3,(H,44,57)(H,45,59)(H,46,61)(H,47,60)(H,48,55)(H,49,58)(H,50,56)(H,53,54)(H,62,63)/t24-,26-,27-,28-,29-,30-,32-,33-,34-/m0/s1. The number of carboxylic acids is 2. The Morgan fingerprint density at radius 2 is 1.00 bits per heavy atom. The van der Waals surface area contributed by atoms with Gasteiger partial charge in [0.25, 0.3) is 0 Å². The smallest absolute Gasteiger partial charge is 0.328 e. The van der Waals surface area contributed by atoms with Gasteiger partial charge in [0.15, 0.2) is 0 Å². The maximum atomic E-state index is 14.2. The molecule has 21 heteroatoms. The maximum Gasteiger partial charge on any atom is 0.328 e. The zero-order valence-corrected chi connectivity index (χ0v) is 37.3. The van der Waals surface area contributed by atoms with Gasteiger partial charge < -0.3 is 63.4 Å². The zero-order valence-electron chi connectivity index (χ0n) is 37.3. The van der Waals surface area contributed by atoms with Crippen LogP contribution in [0.4, 0.5) is 0 Å². The van der Waals surface area contributed by atoms with E-state index < -0.39 is 145 Å². The fourth-order valence-corrected chi connectivity index (χ4v) is 6.16. The second-order valence-corrected chi connectivity index (χ2v) is 16.6. The number of carboxylic acid groups (broad SMARTS) is 2. The molecule has 21 nitrogen and oxygen atoms in total. The van der Waals surface area contributed by atoms with Gasteiger partial charge in [-0.05, 0) is 42.1 Å². The van der Waals surface area contributed by atoms with E-state index in [1.54, 1.807) is 85.7 Å². The summed E-state index contributed by atoms with van der Waals surface area (Å²) < 4.78 is 0. The summed E-state index contributed by atoms with van der Waals surface area (Å²) in [6.45, 7) is 11.8. The zero-order chi connectivity index (χ0) is 48.1. The Balaban J connectivity index is 3.50. The van der Waals surface area contributed by atoms with Crippen LogP contribution >= 0.6 is 0 Å². The summed E-state index contributed by atoms with van der Waals surface area (Å²) in [4.78, 5) is 118. The first-order valence-electron chi connectivity index (χ1n) is 21.1. The molecule has 0 aliphatic heterocycles. The van der Waals surface area contributed by atoms with Crippen LogP contribution in [0.1, 0.15) is 86.6 Å². The number of aliphatic hydroxyl groups excluding tert-OH is 2. The summed E-state index contributed by atoms with van der Waals surface area (Å²) in [5.41, 5.74) is 6.21. The minimum absolute atomic E-state index is 0.0590. The predicted octanol–water partition coefficient (Wildman–Crippen LogP) is -1.71. The quantitative estimate of drug-likeness (QED) is 0.0446. The first-order valence-corrected chi connectivity index (χ1v) is 21.1. The minimum atomic E-state index is -1.64. The second-order valence-electron chi connectivity index (χ2n) is 16.6. The summed E-state index contributed by atoms with van der Waals surface area (Å²) in [6, 6.07) is -2.39. The van der Waals surface area contributed by atoms with Crippen molar-refractivity contribution in [3.63, 3.8) is 0 Å². The van der Waals surface area contributed by atoms with Crippen molar-refractivity contribution in [2.24, 2.45) is 29.4 Å². The van der Waals surface area contributed by atoms with Gasteiger partial charge in [-0.1, -0.05) is 92.1 Å². The number of aliphatic carboxylic acids is 2. The predicted molar refractivity (Wildman–Crippen MR) is 229 cm³/mol. The SMILES string of the molecule is CC[C@H](C)[C@H](NC(=O)[C@H](CCC(=O)O)NC(=O)[C@H](CC(C)C)NC(=O)[C@@H](NC(=O)[C@@H](N)CO)C(C)C)C(=O)N[C@@H](Cc1ccccc1)C(=O)N[C@H](C(=O)N[C@@H](CO)C(=O)O)C(C)C. The van der Waals surface area contributed by atoms with Crippen LogP contribution in [0.3, 0.4) is 0 Å². The number of carbonyl (C=O) groups excluding carboxylic acids is 7. The number of rotatable bonds is 28. The van der Waals surface area contributed by atoms with Crippen LogP contribution < -0.4 is 43.0 Å². The molecule has 9 atom stereocenters. The lowest BCUT2D eigenvalue weighted by atomic mass is 9.96. The summed E-state index contributed by atoms with van der Waals surface area (Å²) in [7, 11) is 0. The Labute approximate surface area is 367 Å². The van der Waals surface area contributed by atoms with Gasteiger partial charge in [-0.15, -0.1) is 0 Å². The number of nitrogens with two attached hydrogens (primary N) is 1. The monoisotopic (exact) mass is 892 g/mol. The topological polar surface area (TPSA) is 345 Å². The van der Waals surface area contributed by atoms with E-state index in [-0.39, 0.29) is 18.8 Å². The van der Waals surface area contributed by atoms with Crippen LogP contribution in [0.15, 0.2) is 30.3 Å². The average Bonchev–Trinajstić information content (AvgIpc) is 3.22. The maximum absolute atomic E-state index is 14.2. The van der Waals surface area contributed by atoms with Gasteiger partial charge in [-0.3, -0.25) is 38.4 Å². The van der Waals surface area contributed by atoms with Crippen LogP contribution in [0, 0.1) is 23.7 Å². The highest BCUT2D eigenvalue weighted by Gasteiger charge is 2.37. The molecule has 0 fully saturated rings. The normalized spacial score (nSPS) is 15.6. The van der Waals surface area contributed by atoms with Gasteiger partial charge >= 0.3 is 11.9 Å². The Kier molecular flexibility index (Phi) is 24.1. The summed E-state index contributed by atoms with van der Waals surface area (Å²) in [5, 5.41) is 55.2. The van der Waals surface area contributed by atoms with Gasteiger partial charge in [-0.2, -0.15) is 0 Å². The van der Waals surface area contributed by atoms with Crippen LogP contribution in [-0.2, 0) is 49.6 Å². The van der Waals surface area contributed by atoms with Gasteiger partial charge in [0.05, 0.1) is 13.2 Å². The lowest BCUT2D eigenvalue weighted by molar-refractivity contribution is -0.143. The third-order valence-electron chi connectivity index (χ3n) is 10.2. The van der Waals surface area contributed by atoms with Crippen molar-refractivity contribution in [2.45, 2.75) is 136 Å². The van der Waals surface area contributed by atoms with Crippen LogP contribution in [0.2, 0.25) is 0 Å². The number of benzene rings is 1. The Bertz CT molecular complexity index is 1710. The molecule has 1 aromatic carbocycles. The molecule has 354 valence electrons. The number of carbonyl (C=O) groups is 9. The van der Waals surface area contributed by atoms with Crippen LogP contribution in [0.5, 0.6) is 0 Å².